The number of nitro groups is 1. The summed E-state index contributed by atoms with van der Waals surface area (Å²) in [6.45, 7) is 0. The summed E-state index contributed by atoms with van der Waals surface area (Å²) in [7, 11) is 0. The summed E-state index contributed by atoms with van der Waals surface area (Å²) in [6, 6.07) is 13.0. The van der Waals surface area contributed by atoms with Gasteiger partial charge in [0.25, 0.3) is 5.69 Å². The van der Waals surface area contributed by atoms with Crippen LogP contribution in [0.25, 0.3) is 0 Å². The molecular formula is C14H12N2O4. The fourth-order valence-corrected chi connectivity index (χ4v) is 1.81. The van der Waals surface area contributed by atoms with Crippen molar-refractivity contribution >= 4 is 23.0 Å². The number of hydrogen-bond acceptors (Lipinski definition) is 4. The van der Waals surface area contributed by atoms with Crippen LogP contribution in [0.2, 0.25) is 0 Å². The SMILES string of the molecule is O=C(O)Cc1ccccc1Nc1cccc([N+](=O)[O-])c1. The lowest BCUT2D eigenvalue weighted by Crippen LogP contribution is -2.03. The smallest absolute Gasteiger partial charge is 0.307 e. The van der Waals surface area contributed by atoms with E-state index in [1.807, 2.05) is 0 Å². The molecule has 0 unspecified atom stereocenters. The Kier molecular flexibility index (Phi) is 3.95. The van der Waals surface area contributed by atoms with Crippen molar-refractivity contribution in [3.63, 3.8) is 0 Å². The Hall–Kier alpha value is -2.89. The standard InChI is InChI=1S/C14H12N2O4/c17-14(18)8-10-4-1-2-7-13(10)15-11-5-3-6-12(9-11)16(19)20/h1-7,9,15H,8H2,(H,17,18). The van der Waals surface area contributed by atoms with E-state index in [2.05, 4.69) is 5.32 Å². The zero-order valence-electron chi connectivity index (χ0n) is 10.4. The van der Waals surface area contributed by atoms with E-state index in [0.717, 1.165) is 0 Å². The van der Waals surface area contributed by atoms with Gasteiger partial charge in [-0.25, -0.2) is 0 Å². The van der Waals surface area contributed by atoms with Gasteiger partial charge in [0, 0.05) is 23.5 Å². The maximum atomic E-state index is 10.8. The van der Waals surface area contributed by atoms with Crippen LogP contribution in [0.15, 0.2) is 48.5 Å². The molecule has 0 amide bonds. The van der Waals surface area contributed by atoms with E-state index in [-0.39, 0.29) is 12.1 Å². The third-order valence-electron chi connectivity index (χ3n) is 2.70. The molecule has 0 aliphatic heterocycles. The lowest BCUT2D eigenvalue weighted by Gasteiger charge is -2.10. The van der Waals surface area contributed by atoms with Crippen LogP contribution in [0, 0.1) is 10.1 Å². The van der Waals surface area contributed by atoms with E-state index in [9.17, 15) is 14.9 Å². The lowest BCUT2D eigenvalue weighted by atomic mass is 10.1. The van der Waals surface area contributed by atoms with Crippen molar-refractivity contribution in [3.8, 4) is 0 Å². The van der Waals surface area contributed by atoms with Crippen LogP contribution in [0.1, 0.15) is 5.56 Å². The van der Waals surface area contributed by atoms with Crippen molar-refractivity contribution in [2.24, 2.45) is 0 Å². The zero-order chi connectivity index (χ0) is 14.5. The van der Waals surface area contributed by atoms with E-state index in [1.54, 1.807) is 36.4 Å². The number of carboxylic acid groups (broad SMARTS) is 1. The van der Waals surface area contributed by atoms with Crippen LogP contribution in [0.5, 0.6) is 0 Å². The second-order valence-electron chi connectivity index (χ2n) is 4.16. The average molecular weight is 272 g/mol. The molecule has 6 heteroatoms. The zero-order valence-corrected chi connectivity index (χ0v) is 10.4. The predicted octanol–water partition coefficient (Wildman–Crippen LogP) is 2.97. The van der Waals surface area contributed by atoms with E-state index < -0.39 is 10.9 Å². The molecule has 0 heterocycles. The molecule has 0 spiro atoms. The number of non-ortho nitro benzene ring substituents is 1. The van der Waals surface area contributed by atoms with Gasteiger partial charge in [0.15, 0.2) is 0 Å². The Morgan fingerprint density at radius 1 is 1.20 bits per heavy atom. The average Bonchev–Trinajstić information content (AvgIpc) is 2.41. The molecule has 0 radical (unpaired) electrons. The first-order valence-electron chi connectivity index (χ1n) is 5.87. The highest BCUT2D eigenvalue weighted by atomic mass is 16.6. The van der Waals surface area contributed by atoms with Gasteiger partial charge in [-0.15, -0.1) is 0 Å². The van der Waals surface area contributed by atoms with Crippen molar-refractivity contribution in [1.82, 2.24) is 0 Å². The van der Waals surface area contributed by atoms with Gasteiger partial charge in [-0.1, -0.05) is 24.3 Å². The van der Waals surface area contributed by atoms with E-state index in [4.69, 9.17) is 5.11 Å². The van der Waals surface area contributed by atoms with Crippen LogP contribution in [-0.2, 0) is 11.2 Å². The summed E-state index contributed by atoms with van der Waals surface area (Å²) in [6.07, 6.45) is -0.113. The highest BCUT2D eigenvalue weighted by Crippen LogP contribution is 2.24. The number of aliphatic carboxylic acids is 1. The summed E-state index contributed by atoms with van der Waals surface area (Å²) in [4.78, 5) is 21.0. The predicted molar refractivity (Wildman–Crippen MR) is 74.2 cm³/mol. The maximum absolute atomic E-state index is 10.8. The molecule has 0 aliphatic rings. The second-order valence-corrected chi connectivity index (χ2v) is 4.16. The number of nitro benzene ring substituents is 1. The van der Waals surface area contributed by atoms with Gasteiger partial charge in [-0.05, 0) is 17.7 Å². The highest BCUT2D eigenvalue weighted by Gasteiger charge is 2.09. The third-order valence-corrected chi connectivity index (χ3v) is 2.70. The minimum atomic E-state index is -0.932. The monoisotopic (exact) mass is 272 g/mol. The van der Waals surface area contributed by atoms with Gasteiger partial charge < -0.3 is 10.4 Å². The fraction of sp³-hybridized carbons (Fsp3) is 0.0714. The molecule has 2 N–H and O–H groups in total. The van der Waals surface area contributed by atoms with Crippen LogP contribution in [0.4, 0.5) is 17.1 Å². The Morgan fingerprint density at radius 3 is 2.65 bits per heavy atom. The largest absolute Gasteiger partial charge is 0.481 e. The number of nitrogens with one attached hydrogen (secondary N) is 1. The molecule has 0 bridgehead atoms. The van der Waals surface area contributed by atoms with Crippen LogP contribution in [-0.4, -0.2) is 16.0 Å². The molecule has 0 saturated heterocycles. The van der Waals surface area contributed by atoms with Crippen molar-refractivity contribution in [2.45, 2.75) is 6.42 Å². The molecule has 0 saturated carbocycles. The van der Waals surface area contributed by atoms with Crippen LogP contribution < -0.4 is 5.32 Å². The highest BCUT2D eigenvalue weighted by molar-refractivity contribution is 5.75. The molecule has 2 aromatic carbocycles. The molecule has 0 aromatic heterocycles. The van der Waals surface area contributed by atoms with Crippen molar-refractivity contribution < 1.29 is 14.8 Å². The Bertz CT molecular complexity index is 655. The molecule has 20 heavy (non-hydrogen) atoms. The van der Waals surface area contributed by atoms with E-state index in [1.165, 1.54) is 12.1 Å². The Morgan fingerprint density at radius 2 is 1.95 bits per heavy atom. The molecular weight excluding hydrogens is 260 g/mol. The number of hydrogen-bond donors (Lipinski definition) is 2. The van der Waals surface area contributed by atoms with E-state index in [0.29, 0.717) is 16.9 Å². The number of nitrogens with zero attached hydrogens (tertiary/aromatic N) is 1. The topological polar surface area (TPSA) is 92.5 Å². The summed E-state index contributed by atoms with van der Waals surface area (Å²) >= 11 is 0. The van der Waals surface area contributed by atoms with Crippen LogP contribution >= 0.6 is 0 Å². The van der Waals surface area contributed by atoms with Crippen molar-refractivity contribution in [1.29, 1.82) is 0 Å². The summed E-state index contributed by atoms with van der Waals surface area (Å²) in [5.74, 6) is -0.932. The quantitative estimate of drug-likeness (QED) is 0.644. The van der Waals surface area contributed by atoms with Crippen LogP contribution in [0.3, 0.4) is 0 Å². The van der Waals surface area contributed by atoms with E-state index >= 15 is 0 Å². The third kappa shape index (κ3) is 3.32. The molecule has 0 fully saturated rings. The first-order valence-corrected chi connectivity index (χ1v) is 5.87. The summed E-state index contributed by atoms with van der Waals surface area (Å²) < 4.78 is 0. The molecule has 102 valence electrons. The van der Waals surface area contributed by atoms with Crippen molar-refractivity contribution in [2.75, 3.05) is 5.32 Å². The number of carbonyl (C=O) groups is 1. The summed E-state index contributed by atoms with van der Waals surface area (Å²) in [5.41, 5.74) is 1.75. The van der Waals surface area contributed by atoms with Gasteiger partial charge in [-0.2, -0.15) is 0 Å². The normalized spacial score (nSPS) is 10.0. The second kappa shape index (κ2) is 5.83. The maximum Gasteiger partial charge on any atom is 0.307 e. The molecule has 2 aromatic rings. The number of anilines is 2. The van der Waals surface area contributed by atoms with Gasteiger partial charge in [-0.3, -0.25) is 14.9 Å². The van der Waals surface area contributed by atoms with Crippen molar-refractivity contribution in [3.05, 3.63) is 64.2 Å². The minimum Gasteiger partial charge on any atom is -0.481 e. The Labute approximate surface area is 114 Å². The number of carboxylic acids is 1. The molecule has 2 rings (SSSR count). The molecule has 0 aliphatic carbocycles. The minimum absolute atomic E-state index is 0.0225. The summed E-state index contributed by atoms with van der Waals surface area (Å²) in [5, 5.41) is 22.6. The molecule has 6 nitrogen and oxygen atoms in total. The number of benzene rings is 2. The first kappa shape index (κ1) is 13.5. The van der Waals surface area contributed by atoms with Gasteiger partial charge in [0.1, 0.15) is 0 Å². The molecule has 0 atom stereocenters. The fourth-order valence-electron chi connectivity index (χ4n) is 1.81. The lowest BCUT2D eigenvalue weighted by molar-refractivity contribution is -0.384. The first-order chi connectivity index (χ1) is 9.56. The van der Waals surface area contributed by atoms with Gasteiger partial charge >= 0.3 is 5.97 Å². The number of rotatable bonds is 5. The number of para-hydroxylation sites is 1. The van der Waals surface area contributed by atoms with Gasteiger partial charge in [0.05, 0.1) is 11.3 Å². The Balaban J connectivity index is 2.28. The van der Waals surface area contributed by atoms with Gasteiger partial charge in [0.2, 0.25) is 0 Å².